The van der Waals surface area contributed by atoms with Gasteiger partial charge < -0.3 is 4.90 Å². The summed E-state index contributed by atoms with van der Waals surface area (Å²) in [5.41, 5.74) is 4.68. The number of aryl methyl sites for hydroxylation is 1. The Morgan fingerprint density at radius 1 is 1.11 bits per heavy atom. The van der Waals surface area contributed by atoms with Gasteiger partial charge in [0.05, 0.1) is 6.04 Å². The molecule has 3 fully saturated rings. The van der Waals surface area contributed by atoms with E-state index in [-0.39, 0.29) is 5.91 Å². The van der Waals surface area contributed by atoms with Gasteiger partial charge in [-0.2, -0.15) is 5.10 Å². The molecule has 5 aliphatic rings. The smallest absolute Gasteiger partial charge is 0.275 e. The molecule has 2 aliphatic carbocycles. The molecule has 0 spiro atoms. The van der Waals surface area contributed by atoms with Crippen LogP contribution in [0.4, 0.5) is 0 Å². The Morgan fingerprint density at radius 3 is 3.04 bits per heavy atom. The second kappa shape index (κ2) is 6.20. The molecule has 5 heteroatoms. The highest BCUT2D eigenvalue weighted by molar-refractivity contribution is 5.94. The first-order valence-corrected chi connectivity index (χ1v) is 11.1. The number of carbonyl (C=O) groups is 1. The van der Waals surface area contributed by atoms with Crippen molar-refractivity contribution in [3.63, 3.8) is 0 Å². The number of aromatic nitrogens is 2. The van der Waals surface area contributed by atoms with Crippen molar-refractivity contribution in [1.82, 2.24) is 20.0 Å². The summed E-state index contributed by atoms with van der Waals surface area (Å²) in [5.74, 6) is 1.52. The molecule has 0 aromatic carbocycles. The van der Waals surface area contributed by atoms with Gasteiger partial charge in [-0.05, 0) is 69.7 Å². The summed E-state index contributed by atoms with van der Waals surface area (Å²) in [5, 5.41) is 7.59. The Balaban J connectivity index is 1.33. The van der Waals surface area contributed by atoms with Crippen molar-refractivity contribution in [2.45, 2.75) is 69.9 Å². The maximum Gasteiger partial charge on any atom is 0.275 e. The average molecular weight is 367 g/mol. The molecule has 2 bridgehead atoms. The van der Waals surface area contributed by atoms with Crippen molar-refractivity contribution in [3.05, 3.63) is 28.6 Å². The van der Waals surface area contributed by atoms with Crippen LogP contribution in [0.3, 0.4) is 0 Å². The highest BCUT2D eigenvalue weighted by Crippen LogP contribution is 2.45. The van der Waals surface area contributed by atoms with Crippen LogP contribution in [0.25, 0.3) is 0 Å². The Bertz CT molecular complexity index is 796. The van der Waals surface area contributed by atoms with Gasteiger partial charge >= 0.3 is 0 Å². The molecule has 0 saturated carbocycles. The molecule has 27 heavy (non-hydrogen) atoms. The summed E-state index contributed by atoms with van der Waals surface area (Å²) >= 11 is 0. The minimum absolute atomic E-state index is 0.184. The number of piperidine rings is 3. The highest BCUT2D eigenvalue weighted by atomic mass is 16.2. The molecule has 0 radical (unpaired) electrons. The normalized spacial score (nSPS) is 35.3. The van der Waals surface area contributed by atoms with Gasteiger partial charge in [0, 0.05) is 30.4 Å². The number of hydrogen-bond donors (Lipinski definition) is 1. The first kappa shape index (κ1) is 16.3. The third kappa shape index (κ3) is 2.47. The molecular weight excluding hydrogens is 336 g/mol. The van der Waals surface area contributed by atoms with Crippen LogP contribution in [0.5, 0.6) is 0 Å². The van der Waals surface area contributed by atoms with Crippen LogP contribution in [-0.2, 0) is 12.8 Å². The van der Waals surface area contributed by atoms with E-state index >= 15 is 0 Å². The minimum Gasteiger partial charge on any atom is -0.330 e. The molecular formula is C22H30N4O. The van der Waals surface area contributed by atoms with Gasteiger partial charge in [-0.15, -0.1) is 0 Å². The van der Waals surface area contributed by atoms with Gasteiger partial charge in [-0.1, -0.05) is 18.1 Å². The van der Waals surface area contributed by atoms with E-state index in [2.05, 4.69) is 26.1 Å². The third-order valence-electron chi connectivity index (χ3n) is 7.93. The molecule has 1 amide bonds. The average Bonchev–Trinajstić information content (AvgIpc) is 3.31. The van der Waals surface area contributed by atoms with E-state index in [0.29, 0.717) is 12.0 Å². The maximum absolute atomic E-state index is 13.5. The summed E-state index contributed by atoms with van der Waals surface area (Å²) in [7, 11) is 0. The Labute approximate surface area is 161 Å². The van der Waals surface area contributed by atoms with Gasteiger partial charge in [0.15, 0.2) is 5.69 Å². The topological polar surface area (TPSA) is 52.2 Å². The molecule has 4 atom stereocenters. The Morgan fingerprint density at radius 2 is 2.07 bits per heavy atom. The number of rotatable bonds is 1. The molecule has 144 valence electrons. The fourth-order valence-electron chi connectivity index (χ4n) is 6.83. The lowest BCUT2D eigenvalue weighted by Gasteiger charge is -2.54. The van der Waals surface area contributed by atoms with E-state index in [9.17, 15) is 4.79 Å². The van der Waals surface area contributed by atoms with Crippen LogP contribution in [-0.4, -0.2) is 57.6 Å². The van der Waals surface area contributed by atoms with E-state index in [1.54, 1.807) is 5.57 Å². The number of carbonyl (C=O) groups excluding carboxylic acids is 1. The monoisotopic (exact) mass is 366 g/mol. The molecule has 3 saturated heterocycles. The summed E-state index contributed by atoms with van der Waals surface area (Å²) in [6.07, 6.45) is 13.5. The second-order valence-electron chi connectivity index (χ2n) is 9.39. The predicted molar refractivity (Wildman–Crippen MR) is 104 cm³/mol. The molecule has 4 heterocycles. The van der Waals surface area contributed by atoms with E-state index in [0.717, 1.165) is 49.9 Å². The van der Waals surface area contributed by atoms with Crippen molar-refractivity contribution in [1.29, 1.82) is 0 Å². The largest absolute Gasteiger partial charge is 0.330 e. The number of likely N-dealkylation sites (tertiary alicyclic amines) is 1. The van der Waals surface area contributed by atoms with E-state index in [1.807, 2.05) is 0 Å². The van der Waals surface area contributed by atoms with Crippen molar-refractivity contribution in [2.75, 3.05) is 19.6 Å². The van der Waals surface area contributed by atoms with Crippen LogP contribution < -0.4 is 0 Å². The standard InChI is InChI=1S/C22H30N4O/c27-22(20-17-6-3-7-18(17)23-24-20)26-10-4-5-14-11-15-12-16(21(14)26)13-25-9-2-1-8-19(15)25/h11,15-16,19,21H,1-10,12-13H2,(H,23,24)/t15-,16+,19?,21?/m1/s1. The van der Waals surface area contributed by atoms with E-state index < -0.39 is 0 Å². The molecule has 1 aromatic heterocycles. The first-order valence-electron chi connectivity index (χ1n) is 11.1. The molecule has 1 N–H and O–H groups in total. The van der Waals surface area contributed by atoms with Crippen LogP contribution in [0, 0.1) is 11.8 Å². The number of hydrogen-bond acceptors (Lipinski definition) is 3. The lowest BCUT2D eigenvalue weighted by Crippen LogP contribution is -2.60. The number of nitrogens with one attached hydrogen (secondary N) is 1. The zero-order valence-corrected chi connectivity index (χ0v) is 16.1. The van der Waals surface area contributed by atoms with Gasteiger partial charge in [-0.3, -0.25) is 14.8 Å². The first-order chi connectivity index (χ1) is 13.3. The lowest BCUT2D eigenvalue weighted by atomic mass is 9.68. The number of nitrogens with zero attached hydrogens (tertiary/aromatic N) is 3. The second-order valence-corrected chi connectivity index (χ2v) is 9.39. The van der Waals surface area contributed by atoms with Crippen LogP contribution in [0.2, 0.25) is 0 Å². The van der Waals surface area contributed by atoms with Crippen LogP contribution >= 0.6 is 0 Å². The van der Waals surface area contributed by atoms with Crippen molar-refractivity contribution >= 4 is 5.91 Å². The van der Waals surface area contributed by atoms with Gasteiger partial charge in [0.25, 0.3) is 5.91 Å². The van der Waals surface area contributed by atoms with Gasteiger partial charge in [0.2, 0.25) is 0 Å². The number of amides is 1. The van der Waals surface area contributed by atoms with E-state index in [1.165, 1.54) is 56.5 Å². The van der Waals surface area contributed by atoms with Gasteiger partial charge in [-0.25, -0.2) is 0 Å². The van der Waals surface area contributed by atoms with Crippen molar-refractivity contribution in [3.8, 4) is 0 Å². The fourth-order valence-corrected chi connectivity index (χ4v) is 6.83. The van der Waals surface area contributed by atoms with Crippen molar-refractivity contribution < 1.29 is 4.79 Å². The number of H-pyrrole nitrogens is 1. The molecule has 5 nitrogen and oxygen atoms in total. The quantitative estimate of drug-likeness (QED) is 0.778. The lowest BCUT2D eigenvalue weighted by molar-refractivity contribution is 0.00128. The van der Waals surface area contributed by atoms with Crippen LogP contribution in [0.15, 0.2) is 11.6 Å². The molecule has 3 aliphatic heterocycles. The summed E-state index contributed by atoms with van der Waals surface area (Å²) in [4.78, 5) is 18.5. The van der Waals surface area contributed by atoms with Crippen LogP contribution in [0.1, 0.15) is 66.7 Å². The minimum atomic E-state index is 0.184. The van der Waals surface area contributed by atoms with Gasteiger partial charge in [0.1, 0.15) is 0 Å². The number of fused-ring (bicyclic) bond motifs is 7. The summed E-state index contributed by atoms with van der Waals surface area (Å²) in [6, 6.07) is 1.09. The zero-order valence-electron chi connectivity index (χ0n) is 16.1. The highest BCUT2D eigenvalue weighted by Gasteiger charge is 2.47. The molecule has 6 rings (SSSR count). The number of aromatic amines is 1. The van der Waals surface area contributed by atoms with Crippen molar-refractivity contribution in [2.24, 2.45) is 11.8 Å². The summed E-state index contributed by atoms with van der Waals surface area (Å²) < 4.78 is 0. The maximum atomic E-state index is 13.5. The Kier molecular flexibility index (Phi) is 3.75. The molecule has 1 aromatic rings. The predicted octanol–water partition coefficient (Wildman–Crippen LogP) is 2.93. The molecule has 2 unspecified atom stereocenters. The third-order valence-corrected chi connectivity index (χ3v) is 7.93. The Hall–Kier alpha value is -1.62. The SMILES string of the molecule is O=C(c1n[nH]c2c1CCC2)N1CCCC2=C[C@@H]3C[C@@H](CN4CCCCC34)C21. The zero-order chi connectivity index (χ0) is 18.0. The summed E-state index contributed by atoms with van der Waals surface area (Å²) in [6.45, 7) is 3.34. The van der Waals surface area contributed by atoms with E-state index in [4.69, 9.17) is 0 Å². The fraction of sp³-hybridized carbons (Fsp3) is 0.727.